The molecule has 1 aromatic heterocycles. The van der Waals surface area contributed by atoms with Gasteiger partial charge in [0.1, 0.15) is 0 Å². The highest BCUT2D eigenvalue weighted by Gasteiger charge is 2.24. The summed E-state index contributed by atoms with van der Waals surface area (Å²) in [5.41, 5.74) is 7.00. The van der Waals surface area contributed by atoms with Crippen molar-refractivity contribution in [2.75, 3.05) is 0 Å². The second-order valence-corrected chi connectivity index (χ2v) is 5.94. The van der Waals surface area contributed by atoms with Gasteiger partial charge in [0.05, 0.1) is 16.2 Å². The van der Waals surface area contributed by atoms with E-state index in [0.717, 1.165) is 5.69 Å². The molecule has 0 unspecified atom stereocenters. The van der Waals surface area contributed by atoms with E-state index >= 15 is 0 Å². The van der Waals surface area contributed by atoms with Crippen LogP contribution in [0.25, 0.3) is 6.08 Å². The van der Waals surface area contributed by atoms with Crippen LogP contribution in [-0.4, -0.2) is 21.5 Å². The lowest BCUT2D eigenvalue weighted by molar-refractivity contribution is -0.115. The van der Waals surface area contributed by atoms with Crippen LogP contribution in [0.2, 0.25) is 0 Å². The lowest BCUT2D eigenvalue weighted by atomic mass is 10.2. The summed E-state index contributed by atoms with van der Waals surface area (Å²) >= 11 is 1.23. The summed E-state index contributed by atoms with van der Waals surface area (Å²) in [4.78, 5) is 28.3. The highest BCUT2D eigenvalue weighted by Crippen LogP contribution is 2.29. The molecule has 0 aliphatic carbocycles. The first kappa shape index (κ1) is 15.1. The molecule has 0 bridgehead atoms. The van der Waals surface area contributed by atoms with Crippen molar-refractivity contribution < 1.29 is 9.59 Å². The molecule has 116 valence electrons. The number of nitrogens with one attached hydrogen (secondary N) is 1. The molecule has 3 N–H and O–H groups in total. The molecule has 0 radical (unpaired) electrons. The maximum Gasteiger partial charge on any atom is 0.264 e. The smallest absolute Gasteiger partial charge is 0.264 e. The third-order valence-corrected chi connectivity index (χ3v) is 4.22. The van der Waals surface area contributed by atoms with E-state index in [1.54, 1.807) is 30.3 Å². The summed E-state index contributed by atoms with van der Waals surface area (Å²) in [6, 6.07) is 10.6. The third-order valence-electron chi connectivity index (χ3n) is 3.31. The SMILES string of the molecule is Cn1cccc1/C=C1/SC(=Nc2ccccc2C(N)=O)NC1=O. The molecule has 2 heterocycles. The summed E-state index contributed by atoms with van der Waals surface area (Å²) in [6.07, 6.45) is 3.70. The Labute approximate surface area is 137 Å². The lowest BCUT2D eigenvalue weighted by Crippen LogP contribution is -2.19. The number of carbonyl (C=O) groups is 2. The third kappa shape index (κ3) is 3.19. The monoisotopic (exact) mass is 326 g/mol. The van der Waals surface area contributed by atoms with Gasteiger partial charge in [-0.15, -0.1) is 0 Å². The van der Waals surface area contributed by atoms with E-state index < -0.39 is 5.91 Å². The Kier molecular flexibility index (Phi) is 4.03. The minimum absolute atomic E-state index is 0.216. The van der Waals surface area contributed by atoms with Crippen LogP contribution in [0.5, 0.6) is 0 Å². The summed E-state index contributed by atoms with van der Waals surface area (Å²) in [5, 5.41) is 3.12. The Morgan fingerprint density at radius 3 is 2.78 bits per heavy atom. The van der Waals surface area contributed by atoms with Crippen molar-refractivity contribution in [1.29, 1.82) is 0 Å². The van der Waals surface area contributed by atoms with Crippen molar-refractivity contribution in [3.05, 3.63) is 58.8 Å². The van der Waals surface area contributed by atoms with Crippen LogP contribution in [0.1, 0.15) is 16.1 Å². The molecule has 2 amide bonds. The number of aryl methyl sites for hydroxylation is 1. The van der Waals surface area contributed by atoms with Gasteiger partial charge in [0.25, 0.3) is 11.8 Å². The van der Waals surface area contributed by atoms with Gasteiger partial charge in [0.15, 0.2) is 5.17 Å². The number of nitrogens with two attached hydrogens (primary N) is 1. The van der Waals surface area contributed by atoms with Crippen LogP contribution in [0, 0.1) is 0 Å². The number of amides is 2. The minimum atomic E-state index is -0.557. The van der Waals surface area contributed by atoms with Gasteiger partial charge in [-0.1, -0.05) is 12.1 Å². The first-order valence-corrected chi connectivity index (χ1v) is 7.66. The summed E-state index contributed by atoms with van der Waals surface area (Å²) in [6.45, 7) is 0. The molecular weight excluding hydrogens is 312 g/mol. The number of primary amides is 1. The van der Waals surface area contributed by atoms with Crippen LogP contribution < -0.4 is 11.1 Å². The van der Waals surface area contributed by atoms with Crippen LogP contribution in [0.3, 0.4) is 0 Å². The fourth-order valence-electron chi connectivity index (χ4n) is 2.13. The number of hydrogen-bond donors (Lipinski definition) is 2. The van der Waals surface area contributed by atoms with Crippen molar-refractivity contribution in [1.82, 2.24) is 9.88 Å². The number of rotatable bonds is 3. The van der Waals surface area contributed by atoms with Gasteiger partial charge in [0, 0.05) is 18.9 Å². The minimum Gasteiger partial charge on any atom is -0.366 e. The Hall–Kier alpha value is -2.80. The number of benzene rings is 1. The zero-order valence-corrected chi connectivity index (χ0v) is 13.1. The number of hydrogen-bond acceptors (Lipinski definition) is 4. The largest absolute Gasteiger partial charge is 0.366 e. The first-order valence-electron chi connectivity index (χ1n) is 6.84. The fourth-order valence-corrected chi connectivity index (χ4v) is 2.95. The van der Waals surface area contributed by atoms with Crippen molar-refractivity contribution in [3.8, 4) is 0 Å². The van der Waals surface area contributed by atoms with Crippen LogP contribution in [-0.2, 0) is 11.8 Å². The fraction of sp³-hybridized carbons (Fsp3) is 0.0625. The molecule has 3 rings (SSSR count). The molecule has 1 aromatic carbocycles. The predicted molar refractivity (Wildman–Crippen MR) is 91.2 cm³/mol. The molecule has 2 aromatic rings. The van der Waals surface area contributed by atoms with Gasteiger partial charge in [0.2, 0.25) is 0 Å². The Morgan fingerprint density at radius 2 is 2.09 bits per heavy atom. The molecule has 7 heteroatoms. The van der Waals surface area contributed by atoms with Crippen LogP contribution in [0.15, 0.2) is 52.5 Å². The number of carbonyl (C=O) groups excluding carboxylic acids is 2. The Morgan fingerprint density at radius 1 is 1.30 bits per heavy atom. The molecule has 0 spiro atoms. The molecular formula is C16H14N4O2S. The maximum atomic E-state index is 12.0. The predicted octanol–water partition coefficient (Wildman–Crippen LogP) is 2.02. The zero-order valence-electron chi connectivity index (χ0n) is 12.3. The standard InChI is InChI=1S/C16H14N4O2S/c1-20-8-4-5-10(20)9-13-15(22)19-16(23-13)18-12-7-3-2-6-11(12)14(17)21/h2-9H,1H3,(H2,17,21)(H,18,19,22)/b13-9+. The van der Waals surface area contributed by atoms with Gasteiger partial charge >= 0.3 is 0 Å². The Bertz CT molecular complexity index is 851. The van der Waals surface area contributed by atoms with E-state index in [4.69, 9.17) is 5.73 Å². The van der Waals surface area contributed by atoms with Crippen molar-refractivity contribution in [2.45, 2.75) is 0 Å². The molecule has 1 aliphatic heterocycles. The maximum absolute atomic E-state index is 12.0. The van der Waals surface area contributed by atoms with E-state index in [1.807, 2.05) is 29.9 Å². The second-order valence-electron chi connectivity index (χ2n) is 4.91. The van der Waals surface area contributed by atoms with Gasteiger partial charge in [-0.2, -0.15) is 0 Å². The molecule has 1 aliphatic rings. The topological polar surface area (TPSA) is 89.5 Å². The zero-order chi connectivity index (χ0) is 16.4. The number of aromatic nitrogens is 1. The molecule has 0 atom stereocenters. The summed E-state index contributed by atoms with van der Waals surface area (Å²) in [7, 11) is 1.90. The summed E-state index contributed by atoms with van der Waals surface area (Å²) in [5.74, 6) is -0.773. The van der Waals surface area contributed by atoms with E-state index in [-0.39, 0.29) is 5.91 Å². The van der Waals surface area contributed by atoms with Crippen molar-refractivity contribution in [2.24, 2.45) is 17.8 Å². The number of amidine groups is 1. The molecule has 6 nitrogen and oxygen atoms in total. The second kappa shape index (κ2) is 6.13. The molecule has 23 heavy (non-hydrogen) atoms. The average molecular weight is 326 g/mol. The van der Waals surface area contributed by atoms with Crippen molar-refractivity contribution >= 4 is 40.5 Å². The highest BCUT2D eigenvalue weighted by atomic mass is 32.2. The number of para-hydroxylation sites is 1. The molecule has 1 saturated heterocycles. The van der Waals surface area contributed by atoms with Gasteiger partial charge in [-0.05, 0) is 42.1 Å². The van der Waals surface area contributed by atoms with Crippen LogP contribution >= 0.6 is 11.8 Å². The van der Waals surface area contributed by atoms with Crippen LogP contribution in [0.4, 0.5) is 5.69 Å². The number of thioether (sulfide) groups is 1. The Balaban J connectivity index is 1.90. The quantitative estimate of drug-likeness (QED) is 0.846. The lowest BCUT2D eigenvalue weighted by Gasteiger charge is -2.01. The van der Waals surface area contributed by atoms with E-state index in [1.165, 1.54) is 11.8 Å². The molecule has 1 fully saturated rings. The van der Waals surface area contributed by atoms with Gasteiger partial charge in [-0.25, -0.2) is 4.99 Å². The van der Waals surface area contributed by atoms with Gasteiger partial charge < -0.3 is 15.6 Å². The highest BCUT2D eigenvalue weighted by molar-refractivity contribution is 8.18. The average Bonchev–Trinajstić information content (AvgIpc) is 3.06. The van der Waals surface area contributed by atoms with Gasteiger partial charge in [-0.3, -0.25) is 9.59 Å². The van der Waals surface area contributed by atoms with E-state index in [2.05, 4.69) is 10.3 Å². The number of aliphatic imine (C=N–C) groups is 1. The normalized spacial score (nSPS) is 17.7. The van der Waals surface area contributed by atoms with Crippen molar-refractivity contribution in [3.63, 3.8) is 0 Å². The molecule has 0 saturated carbocycles. The summed E-state index contributed by atoms with van der Waals surface area (Å²) < 4.78 is 1.92. The van der Waals surface area contributed by atoms with E-state index in [9.17, 15) is 9.59 Å². The van der Waals surface area contributed by atoms with E-state index in [0.29, 0.717) is 21.3 Å². The number of nitrogens with zero attached hydrogens (tertiary/aromatic N) is 2. The first-order chi connectivity index (χ1) is 11.0.